The molecule has 1 rings (SSSR count). The van der Waals surface area contributed by atoms with E-state index in [1.54, 1.807) is 19.9 Å². The zero-order valence-corrected chi connectivity index (χ0v) is 9.88. The van der Waals surface area contributed by atoms with Gasteiger partial charge in [0.05, 0.1) is 17.3 Å². The van der Waals surface area contributed by atoms with Gasteiger partial charge in [-0.3, -0.25) is 0 Å². The van der Waals surface area contributed by atoms with Gasteiger partial charge >= 0.3 is 0 Å². The second-order valence-corrected chi connectivity index (χ2v) is 5.18. The fraction of sp³-hybridized carbons (Fsp3) is 0.667. The van der Waals surface area contributed by atoms with Crippen molar-refractivity contribution in [3.8, 4) is 0 Å². The monoisotopic (exact) mass is 228 g/mol. The molecule has 0 saturated heterocycles. The quantitative estimate of drug-likeness (QED) is 0.541. The highest BCUT2D eigenvalue weighted by Gasteiger charge is 2.36. The standard InChI is InChI=1S/C12H20O4/c1-11(2,15)5-4-8-6-10(14)12(3,16)7-9(8)13/h4-6,9-10,13-16H,7H2,1-3H3/b5-4+/t9-,10+,12-/m0/s1. The molecule has 0 aromatic heterocycles. The third-order valence-corrected chi connectivity index (χ3v) is 2.66. The van der Waals surface area contributed by atoms with Crippen LogP contribution in [0.5, 0.6) is 0 Å². The van der Waals surface area contributed by atoms with E-state index >= 15 is 0 Å². The summed E-state index contributed by atoms with van der Waals surface area (Å²) in [6.07, 6.45) is 2.78. The van der Waals surface area contributed by atoms with Crippen molar-refractivity contribution < 1.29 is 20.4 Å². The molecule has 0 spiro atoms. The zero-order chi connectivity index (χ0) is 12.6. The van der Waals surface area contributed by atoms with Gasteiger partial charge in [-0.2, -0.15) is 0 Å². The fourth-order valence-electron chi connectivity index (χ4n) is 1.57. The van der Waals surface area contributed by atoms with Crippen LogP contribution in [0.25, 0.3) is 0 Å². The Morgan fingerprint density at radius 1 is 1.44 bits per heavy atom. The summed E-state index contributed by atoms with van der Waals surface area (Å²) < 4.78 is 0. The second kappa shape index (κ2) is 4.30. The summed E-state index contributed by atoms with van der Waals surface area (Å²) in [5.74, 6) is 0. The summed E-state index contributed by atoms with van der Waals surface area (Å²) in [6.45, 7) is 4.71. The van der Waals surface area contributed by atoms with Crippen molar-refractivity contribution in [1.29, 1.82) is 0 Å². The molecule has 4 N–H and O–H groups in total. The van der Waals surface area contributed by atoms with E-state index in [2.05, 4.69) is 0 Å². The Labute approximate surface area is 95.5 Å². The Balaban J connectivity index is 2.87. The first-order chi connectivity index (χ1) is 7.12. The molecule has 3 atom stereocenters. The summed E-state index contributed by atoms with van der Waals surface area (Å²) >= 11 is 0. The molecule has 0 fully saturated rings. The first kappa shape index (κ1) is 13.4. The summed E-state index contributed by atoms with van der Waals surface area (Å²) in [5, 5.41) is 38.6. The van der Waals surface area contributed by atoms with Gasteiger partial charge < -0.3 is 20.4 Å². The Bertz CT molecular complexity index is 309. The van der Waals surface area contributed by atoms with Crippen LogP contribution in [0.3, 0.4) is 0 Å². The molecular formula is C12H20O4. The Hall–Kier alpha value is -0.680. The highest BCUT2D eigenvalue weighted by atomic mass is 16.3. The topological polar surface area (TPSA) is 80.9 Å². The predicted octanol–water partition coefficient (Wildman–Crippen LogP) is 0.116. The summed E-state index contributed by atoms with van der Waals surface area (Å²) in [7, 11) is 0. The van der Waals surface area contributed by atoms with Gasteiger partial charge in [-0.25, -0.2) is 0 Å². The predicted molar refractivity (Wildman–Crippen MR) is 60.8 cm³/mol. The summed E-state index contributed by atoms with van der Waals surface area (Å²) in [6, 6.07) is 0. The van der Waals surface area contributed by atoms with Crippen LogP contribution in [0.15, 0.2) is 23.8 Å². The number of rotatable bonds is 2. The molecule has 0 unspecified atom stereocenters. The molecule has 0 heterocycles. The van der Waals surface area contributed by atoms with Crippen molar-refractivity contribution in [2.45, 2.75) is 50.6 Å². The van der Waals surface area contributed by atoms with E-state index in [4.69, 9.17) is 0 Å². The molecular weight excluding hydrogens is 208 g/mol. The maximum Gasteiger partial charge on any atom is 0.101 e. The van der Waals surface area contributed by atoms with E-state index in [0.717, 1.165) is 0 Å². The molecule has 0 aromatic rings. The third-order valence-electron chi connectivity index (χ3n) is 2.66. The molecule has 0 radical (unpaired) electrons. The lowest BCUT2D eigenvalue weighted by molar-refractivity contribution is -0.0706. The third kappa shape index (κ3) is 3.42. The molecule has 16 heavy (non-hydrogen) atoms. The number of aliphatic hydroxyl groups is 4. The van der Waals surface area contributed by atoms with Crippen LogP contribution >= 0.6 is 0 Å². The summed E-state index contributed by atoms with van der Waals surface area (Å²) in [5.41, 5.74) is -1.75. The molecule has 92 valence electrons. The van der Waals surface area contributed by atoms with Crippen LogP contribution in [0.4, 0.5) is 0 Å². The van der Waals surface area contributed by atoms with Gasteiger partial charge in [0.25, 0.3) is 0 Å². The lowest BCUT2D eigenvalue weighted by Crippen LogP contribution is -2.45. The average Bonchev–Trinajstić information content (AvgIpc) is 2.07. The average molecular weight is 228 g/mol. The van der Waals surface area contributed by atoms with Crippen molar-refractivity contribution in [3.05, 3.63) is 23.8 Å². The minimum absolute atomic E-state index is 0.0796. The molecule has 0 saturated carbocycles. The van der Waals surface area contributed by atoms with Gasteiger partial charge in [0.1, 0.15) is 6.10 Å². The van der Waals surface area contributed by atoms with Crippen molar-refractivity contribution in [1.82, 2.24) is 0 Å². The van der Waals surface area contributed by atoms with E-state index < -0.39 is 23.4 Å². The largest absolute Gasteiger partial charge is 0.388 e. The lowest BCUT2D eigenvalue weighted by Gasteiger charge is -2.34. The maximum absolute atomic E-state index is 9.75. The van der Waals surface area contributed by atoms with Gasteiger partial charge in [0.15, 0.2) is 0 Å². The van der Waals surface area contributed by atoms with E-state index in [1.165, 1.54) is 19.1 Å². The fourth-order valence-corrected chi connectivity index (χ4v) is 1.57. The zero-order valence-electron chi connectivity index (χ0n) is 9.88. The van der Waals surface area contributed by atoms with E-state index in [1.807, 2.05) is 0 Å². The Morgan fingerprint density at radius 2 is 2.00 bits per heavy atom. The van der Waals surface area contributed by atoms with Gasteiger partial charge in [0, 0.05) is 6.42 Å². The molecule has 1 aliphatic rings. The van der Waals surface area contributed by atoms with E-state index in [-0.39, 0.29) is 6.42 Å². The van der Waals surface area contributed by atoms with Gasteiger partial charge in [-0.15, -0.1) is 0 Å². The summed E-state index contributed by atoms with van der Waals surface area (Å²) in [4.78, 5) is 0. The van der Waals surface area contributed by atoms with Crippen molar-refractivity contribution in [2.24, 2.45) is 0 Å². The van der Waals surface area contributed by atoms with Gasteiger partial charge in [0.2, 0.25) is 0 Å². The molecule has 0 bridgehead atoms. The lowest BCUT2D eigenvalue weighted by atomic mass is 9.82. The first-order valence-electron chi connectivity index (χ1n) is 5.34. The maximum atomic E-state index is 9.75. The SMILES string of the molecule is CC(C)(O)/C=C/C1=C[C@@H](O)[C@@](C)(O)C[C@@H]1O. The van der Waals surface area contributed by atoms with Crippen LogP contribution < -0.4 is 0 Å². The van der Waals surface area contributed by atoms with Crippen LogP contribution in [-0.2, 0) is 0 Å². The molecule has 0 aliphatic heterocycles. The number of hydrogen-bond donors (Lipinski definition) is 4. The van der Waals surface area contributed by atoms with E-state index in [9.17, 15) is 20.4 Å². The first-order valence-corrected chi connectivity index (χ1v) is 5.34. The van der Waals surface area contributed by atoms with Crippen LogP contribution in [0.1, 0.15) is 27.2 Å². The van der Waals surface area contributed by atoms with Crippen molar-refractivity contribution >= 4 is 0 Å². The van der Waals surface area contributed by atoms with Crippen LogP contribution in [-0.4, -0.2) is 43.8 Å². The van der Waals surface area contributed by atoms with Crippen molar-refractivity contribution in [2.75, 3.05) is 0 Å². The molecule has 0 amide bonds. The van der Waals surface area contributed by atoms with E-state index in [0.29, 0.717) is 5.57 Å². The molecule has 1 aliphatic carbocycles. The number of hydrogen-bond acceptors (Lipinski definition) is 4. The molecule has 0 aromatic carbocycles. The van der Waals surface area contributed by atoms with Crippen LogP contribution in [0.2, 0.25) is 0 Å². The minimum Gasteiger partial charge on any atom is -0.388 e. The molecule has 4 heteroatoms. The highest BCUT2D eigenvalue weighted by Crippen LogP contribution is 2.28. The Morgan fingerprint density at radius 3 is 2.50 bits per heavy atom. The minimum atomic E-state index is -1.30. The van der Waals surface area contributed by atoms with Crippen molar-refractivity contribution in [3.63, 3.8) is 0 Å². The highest BCUT2D eigenvalue weighted by molar-refractivity contribution is 5.30. The van der Waals surface area contributed by atoms with Gasteiger partial charge in [-0.05, 0) is 32.4 Å². The number of aliphatic hydroxyl groups excluding tert-OH is 2. The molecule has 4 nitrogen and oxygen atoms in total. The smallest absolute Gasteiger partial charge is 0.101 e. The van der Waals surface area contributed by atoms with Gasteiger partial charge in [-0.1, -0.05) is 12.2 Å². The Kier molecular flexibility index (Phi) is 3.59. The normalized spacial score (nSPS) is 36.6. The second-order valence-electron chi connectivity index (χ2n) is 5.18. The van der Waals surface area contributed by atoms with Crippen LogP contribution in [0, 0.1) is 0 Å².